The first-order chi connectivity index (χ1) is 10.6. The first kappa shape index (κ1) is 14.3. The molecule has 0 amide bonds. The number of allylic oxidation sites excluding steroid dienone is 2. The normalized spacial score (nSPS) is 10.8. The number of H-pyrrole nitrogens is 1. The molecule has 0 unspecified atom stereocenters. The van der Waals surface area contributed by atoms with Crippen molar-refractivity contribution in [2.45, 2.75) is 12.8 Å². The largest absolute Gasteiger partial charge is 0.361 e. The van der Waals surface area contributed by atoms with Gasteiger partial charge in [0.25, 0.3) is 0 Å². The van der Waals surface area contributed by atoms with Gasteiger partial charge >= 0.3 is 0 Å². The van der Waals surface area contributed by atoms with Crippen LogP contribution in [0.25, 0.3) is 22.0 Å². The SMILES string of the molecule is C=C(CCC(=C)c1ccccc1F)c1ccc2[nH]ccc2c1. The number of rotatable bonds is 5. The van der Waals surface area contributed by atoms with Gasteiger partial charge in [0.1, 0.15) is 5.82 Å². The number of aromatic nitrogens is 1. The van der Waals surface area contributed by atoms with Gasteiger partial charge in [0.2, 0.25) is 0 Å². The number of hydrogen-bond acceptors (Lipinski definition) is 0. The third kappa shape index (κ3) is 2.86. The maximum absolute atomic E-state index is 13.7. The van der Waals surface area contributed by atoms with Gasteiger partial charge < -0.3 is 4.98 Å². The van der Waals surface area contributed by atoms with Crippen molar-refractivity contribution >= 4 is 22.0 Å². The molecule has 1 aromatic heterocycles. The predicted octanol–water partition coefficient (Wildman–Crippen LogP) is 5.81. The molecule has 1 nitrogen and oxygen atoms in total. The van der Waals surface area contributed by atoms with Crippen LogP contribution in [0.15, 0.2) is 67.9 Å². The van der Waals surface area contributed by atoms with E-state index in [-0.39, 0.29) is 5.82 Å². The Kier molecular flexibility index (Phi) is 3.92. The van der Waals surface area contributed by atoms with Crippen LogP contribution < -0.4 is 0 Å². The van der Waals surface area contributed by atoms with Crippen LogP contribution in [0.4, 0.5) is 4.39 Å². The number of benzene rings is 2. The van der Waals surface area contributed by atoms with E-state index in [0.29, 0.717) is 12.0 Å². The van der Waals surface area contributed by atoms with Gasteiger partial charge in [0, 0.05) is 17.3 Å². The molecule has 0 aliphatic carbocycles. The summed E-state index contributed by atoms with van der Waals surface area (Å²) in [5.74, 6) is -0.216. The molecule has 0 spiro atoms. The fraction of sp³-hybridized carbons (Fsp3) is 0.100. The molecular weight excluding hydrogens is 273 g/mol. The van der Waals surface area contributed by atoms with E-state index >= 15 is 0 Å². The molecule has 0 saturated heterocycles. The van der Waals surface area contributed by atoms with Gasteiger partial charge in [-0.1, -0.05) is 37.4 Å². The Morgan fingerprint density at radius 1 is 0.955 bits per heavy atom. The zero-order valence-corrected chi connectivity index (χ0v) is 12.4. The summed E-state index contributed by atoms with van der Waals surface area (Å²) >= 11 is 0. The molecule has 0 aliphatic rings. The first-order valence-electron chi connectivity index (χ1n) is 7.33. The molecule has 1 heterocycles. The second-order valence-electron chi connectivity index (χ2n) is 5.47. The van der Waals surface area contributed by atoms with Crippen LogP contribution >= 0.6 is 0 Å². The molecule has 22 heavy (non-hydrogen) atoms. The van der Waals surface area contributed by atoms with E-state index in [1.54, 1.807) is 12.1 Å². The summed E-state index contributed by atoms with van der Waals surface area (Å²) in [5, 5.41) is 1.17. The summed E-state index contributed by atoms with van der Waals surface area (Å²) in [5.41, 5.74) is 4.68. The lowest BCUT2D eigenvalue weighted by molar-refractivity contribution is 0.623. The van der Waals surface area contributed by atoms with E-state index in [4.69, 9.17) is 0 Å². The lowest BCUT2D eigenvalue weighted by Gasteiger charge is -2.10. The number of halogens is 1. The maximum atomic E-state index is 13.7. The van der Waals surface area contributed by atoms with E-state index in [1.165, 1.54) is 11.5 Å². The van der Waals surface area contributed by atoms with Gasteiger partial charge in [-0.25, -0.2) is 4.39 Å². The van der Waals surface area contributed by atoms with Gasteiger partial charge in [-0.05, 0) is 59.2 Å². The first-order valence-corrected chi connectivity index (χ1v) is 7.33. The molecular formula is C20H18FN. The van der Waals surface area contributed by atoms with Gasteiger partial charge in [0.05, 0.1) is 0 Å². The number of fused-ring (bicyclic) bond motifs is 1. The molecule has 0 fully saturated rings. The quantitative estimate of drug-likeness (QED) is 0.610. The number of nitrogens with one attached hydrogen (secondary N) is 1. The summed E-state index contributed by atoms with van der Waals surface area (Å²) in [6.45, 7) is 8.17. The van der Waals surface area contributed by atoms with E-state index in [9.17, 15) is 4.39 Å². The second-order valence-corrected chi connectivity index (χ2v) is 5.47. The maximum Gasteiger partial charge on any atom is 0.130 e. The Morgan fingerprint density at radius 2 is 1.73 bits per heavy atom. The lowest BCUT2D eigenvalue weighted by Crippen LogP contribution is -1.90. The zero-order valence-electron chi connectivity index (χ0n) is 12.4. The third-order valence-corrected chi connectivity index (χ3v) is 3.94. The highest BCUT2D eigenvalue weighted by Crippen LogP contribution is 2.27. The molecule has 3 rings (SSSR count). The third-order valence-electron chi connectivity index (χ3n) is 3.94. The van der Waals surface area contributed by atoms with E-state index in [2.05, 4.69) is 36.3 Å². The van der Waals surface area contributed by atoms with Crippen molar-refractivity contribution in [3.63, 3.8) is 0 Å². The van der Waals surface area contributed by atoms with Crippen LogP contribution in [0.2, 0.25) is 0 Å². The molecule has 0 radical (unpaired) electrons. The topological polar surface area (TPSA) is 15.8 Å². The minimum Gasteiger partial charge on any atom is -0.361 e. The van der Waals surface area contributed by atoms with Crippen LogP contribution in [0.1, 0.15) is 24.0 Å². The van der Waals surface area contributed by atoms with Crippen LogP contribution in [-0.4, -0.2) is 4.98 Å². The van der Waals surface area contributed by atoms with Gasteiger partial charge in [-0.2, -0.15) is 0 Å². The van der Waals surface area contributed by atoms with Crippen molar-refractivity contribution in [2.24, 2.45) is 0 Å². The number of aromatic amines is 1. The van der Waals surface area contributed by atoms with E-state index in [0.717, 1.165) is 28.6 Å². The summed E-state index contributed by atoms with van der Waals surface area (Å²) in [7, 11) is 0. The molecule has 1 N–H and O–H groups in total. The Bertz CT molecular complexity index is 842. The molecule has 2 aromatic carbocycles. The molecule has 0 aliphatic heterocycles. The van der Waals surface area contributed by atoms with Gasteiger partial charge in [-0.3, -0.25) is 0 Å². The smallest absolute Gasteiger partial charge is 0.130 e. The van der Waals surface area contributed by atoms with Gasteiger partial charge in [0.15, 0.2) is 0 Å². The Morgan fingerprint density at radius 3 is 2.55 bits per heavy atom. The minimum absolute atomic E-state index is 0.216. The highest BCUT2D eigenvalue weighted by Gasteiger charge is 2.07. The van der Waals surface area contributed by atoms with Crippen molar-refractivity contribution in [3.05, 3.63) is 84.8 Å². The zero-order chi connectivity index (χ0) is 15.5. The fourth-order valence-electron chi connectivity index (χ4n) is 2.60. The highest BCUT2D eigenvalue weighted by molar-refractivity contribution is 5.83. The molecule has 3 aromatic rings. The van der Waals surface area contributed by atoms with Crippen molar-refractivity contribution in [1.82, 2.24) is 4.98 Å². The molecule has 0 bridgehead atoms. The highest BCUT2D eigenvalue weighted by atomic mass is 19.1. The van der Waals surface area contributed by atoms with Crippen molar-refractivity contribution < 1.29 is 4.39 Å². The second kappa shape index (κ2) is 6.02. The van der Waals surface area contributed by atoms with Gasteiger partial charge in [-0.15, -0.1) is 0 Å². The molecule has 0 saturated carbocycles. The monoisotopic (exact) mass is 291 g/mol. The van der Waals surface area contributed by atoms with Crippen molar-refractivity contribution in [1.29, 1.82) is 0 Å². The lowest BCUT2D eigenvalue weighted by atomic mass is 9.96. The summed E-state index contributed by atoms with van der Waals surface area (Å²) in [6, 6.07) is 15.1. The Hall–Kier alpha value is -2.61. The standard InChI is InChI=1S/C20H18FN/c1-14(16-9-10-20-17(13-16)11-12-22-20)7-8-15(2)18-5-3-4-6-19(18)21/h3-6,9-13,22H,1-2,7-8H2. The average molecular weight is 291 g/mol. The van der Waals surface area contributed by atoms with Crippen molar-refractivity contribution in [3.8, 4) is 0 Å². The molecule has 0 atom stereocenters. The van der Waals surface area contributed by atoms with Crippen LogP contribution in [0, 0.1) is 5.82 Å². The van der Waals surface area contributed by atoms with Crippen LogP contribution in [0.3, 0.4) is 0 Å². The summed E-state index contributed by atoms with van der Waals surface area (Å²) < 4.78 is 13.7. The number of hydrogen-bond donors (Lipinski definition) is 1. The fourth-order valence-corrected chi connectivity index (χ4v) is 2.60. The predicted molar refractivity (Wildman–Crippen MR) is 92.0 cm³/mol. The molecule has 2 heteroatoms. The van der Waals surface area contributed by atoms with Crippen LogP contribution in [0.5, 0.6) is 0 Å². The average Bonchev–Trinajstić information content (AvgIpc) is 3.00. The molecule has 110 valence electrons. The van der Waals surface area contributed by atoms with E-state index < -0.39 is 0 Å². The summed E-state index contributed by atoms with van der Waals surface area (Å²) in [4.78, 5) is 3.18. The van der Waals surface area contributed by atoms with Crippen LogP contribution in [-0.2, 0) is 0 Å². The Balaban J connectivity index is 1.69. The van der Waals surface area contributed by atoms with E-state index in [1.807, 2.05) is 18.3 Å². The minimum atomic E-state index is -0.216. The van der Waals surface area contributed by atoms with Crippen molar-refractivity contribution in [2.75, 3.05) is 0 Å². The summed E-state index contributed by atoms with van der Waals surface area (Å²) in [6.07, 6.45) is 3.39. The Labute approximate surface area is 129 Å².